The molecular weight excluding hydrogens is 464 g/mol. The molecule has 2 aliphatic heterocycles. The molecule has 0 radical (unpaired) electrons. The number of ether oxygens (including phenoxy) is 1. The molecule has 1 amide bonds. The molecule has 2 aliphatic rings. The quantitative estimate of drug-likeness (QED) is 0.415. The van der Waals surface area contributed by atoms with E-state index in [4.69, 9.17) is 10.5 Å². The monoisotopic (exact) mass is 500 g/mol. The van der Waals surface area contributed by atoms with Crippen LogP contribution in [-0.2, 0) is 0 Å². The number of aromatic nitrogens is 1. The van der Waals surface area contributed by atoms with Gasteiger partial charge in [-0.15, -0.1) is 0 Å². The summed E-state index contributed by atoms with van der Waals surface area (Å²) < 4.78 is 5.78. The van der Waals surface area contributed by atoms with E-state index < -0.39 is 5.91 Å². The van der Waals surface area contributed by atoms with E-state index in [9.17, 15) is 4.79 Å². The number of pyridine rings is 1. The number of nitrogens with zero attached hydrogens (tertiary/aromatic N) is 3. The van der Waals surface area contributed by atoms with Crippen molar-refractivity contribution in [1.82, 2.24) is 9.88 Å². The van der Waals surface area contributed by atoms with Crippen molar-refractivity contribution in [1.29, 1.82) is 0 Å². The van der Waals surface area contributed by atoms with Crippen molar-refractivity contribution in [3.8, 4) is 5.75 Å². The van der Waals surface area contributed by atoms with Crippen molar-refractivity contribution in [3.05, 3.63) is 71.9 Å². The van der Waals surface area contributed by atoms with Gasteiger partial charge in [-0.25, -0.2) is 4.98 Å². The number of hydrogen-bond acceptors (Lipinski definition) is 7. The number of benzene rings is 2. The molecule has 1 aromatic heterocycles. The first kappa shape index (κ1) is 24.9. The predicted molar refractivity (Wildman–Crippen MR) is 149 cm³/mol. The van der Waals surface area contributed by atoms with E-state index in [1.807, 2.05) is 30.3 Å². The van der Waals surface area contributed by atoms with Gasteiger partial charge in [-0.2, -0.15) is 0 Å². The van der Waals surface area contributed by atoms with E-state index in [0.29, 0.717) is 29.6 Å². The summed E-state index contributed by atoms with van der Waals surface area (Å²) in [6, 6.07) is 18.3. The maximum Gasteiger partial charge on any atom is 0.252 e. The molecular formula is C29H36N6O2. The van der Waals surface area contributed by atoms with Gasteiger partial charge in [-0.3, -0.25) is 9.69 Å². The number of piperazine rings is 1. The number of carbonyl (C=O) groups is 1. The Labute approximate surface area is 218 Å². The molecule has 0 aliphatic carbocycles. The molecule has 0 saturated carbocycles. The van der Waals surface area contributed by atoms with Crippen molar-refractivity contribution in [2.45, 2.75) is 26.3 Å². The smallest absolute Gasteiger partial charge is 0.252 e. The zero-order valence-corrected chi connectivity index (χ0v) is 21.6. The number of amides is 1. The Morgan fingerprint density at radius 3 is 2.59 bits per heavy atom. The number of anilines is 4. The maximum atomic E-state index is 12.1. The van der Waals surface area contributed by atoms with Crippen LogP contribution in [0.2, 0.25) is 0 Å². The Morgan fingerprint density at radius 2 is 1.86 bits per heavy atom. The van der Waals surface area contributed by atoms with E-state index in [2.05, 4.69) is 63.5 Å². The van der Waals surface area contributed by atoms with Crippen molar-refractivity contribution >= 4 is 28.8 Å². The average molecular weight is 501 g/mol. The lowest BCUT2D eigenvalue weighted by molar-refractivity contribution is 0.100. The second-order valence-corrected chi connectivity index (χ2v) is 10.2. The SMILES string of the molecule is CC(C)CN1CCN(c2ccc(Nc3cc(NC4CCOc5ccccc54)c(C(N)=O)cn3)cc2)CC1. The largest absolute Gasteiger partial charge is 0.493 e. The number of fused-ring (bicyclic) bond motifs is 1. The zero-order valence-electron chi connectivity index (χ0n) is 21.6. The molecule has 1 fully saturated rings. The number of rotatable bonds is 8. The van der Waals surface area contributed by atoms with Gasteiger partial charge < -0.3 is 26.0 Å². The minimum Gasteiger partial charge on any atom is -0.493 e. The van der Waals surface area contributed by atoms with Crippen molar-refractivity contribution < 1.29 is 9.53 Å². The zero-order chi connectivity index (χ0) is 25.8. The highest BCUT2D eigenvalue weighted by Crippen LogP contribution is 2.35. The fourth-order valence-electron chi connectivity index (χ4n) is 5.13. The van der Waals surface area contributed by atoms with Gasteiger partial charge in [0.15, 0.2) is 0 Å². The molecule has 5 rings (SSSR count). The van der Waals surface area contributed by atoms with Crippen LogP contribution >= 0.6 is 0 Å². The first-order valence-electron chi connectivity index (χ1n) is 13.1. The molecule has 1 saturated heterocycles. The van der Waals surface area contributed by atoms with Crippen LogP contribution in [0.5, 0.6) is 5.75 Å². The third-order valence-electron chi connectivity index (χ3n) is 6.96. The summed E-state index contributed by atoms with van der Waals surface area (Å²) in [4.78, 5) is 21.6. The summed E-state index contributed by atoms with van der Waals surface area (Å²) in [5.41, 5.74) is 9.91. The Hall–Kier alpha value is -3.78. The molecule has 3 aromatic rings. The minimum atomic E-state index is -0.514. The highest BCUT2D eigenvalue weighted by molar-refractivity contribution is 5.98. The summed E-state index contributed by atoms with van der Waals surface area (Å²) in [5, 5.41) is 6.88. The number of nitrogens with one attached hydrogen (secondary N) is 2. The Balaban J connectivity index is 1.27. The minimum absolute atomic E-state index is 0.0126. The Morgan fingerprint density at radius 1 is 1.11 bits per heavy atom. The molecule has 1 unspecified atom stereocenters. The number of nitrogens with two attached hydrogens (primary N) is 1. The normalized spacial score (nSPS) is 17.7. The summed E-state index contributed by atoms with van der Waals surface area (Å²) in [6.45, 7) is 10.6. The number of primary amides is 1. The van der Waals surface area contributed by atoms with E-state index in [-0.39, 0.29) is 6.04 Å². The number of carbonyl (C=O) groups excluding carboxylic acids is 1. The first-order chi connectivity index (χ1) is 18.0. The third-order valence-corrected chi connectivity index (χ3v) is 6.96. The van der Waals surface area contributed by atoms with Crippen LogP contribution in [0.15, 0.2) is 60.8 Å². The molecule has 3 heterocycles. The molecule has 8 nitrogen and oxygen atoms in total. The molecule has 8 heteroatoms. The van der Waals surface area contributed by atoms with Gasteiger partial charge in [0.25, 0.3) is 5.91 Å². The topological polar surface area (TPSA) is 95.7 Å². The standard InChI is InChI=1S/C29H36N6O2/c1-20(2)19-34-12-14-35(15-13-34)22-9-7-21(8-10-22)32-28-17-26(24(18-31-28)29(30)36)33-25-11-16-37-27-6-4-3-5-23(25)27/h3-10,17-18,20,25H,11-16,19H2,1-2H3,(H2,30,36)(H2,31,32,33). The summed E-state index contributed by atoms with van der Waals surface area (Å²) >= 11 is 0. The Bertz CT molecular complexity index is 1220. The van der Waals surface area contributed by atoms with Gasteiger partial charge in [-0.1, -0.05) is 32.0 Å². The van der Waals surface area contributed by atoms with Crippen molar-refractivity contribution in [3.63, 3.8) is 0 Å². The van der Waals surface area contributed by atoms with Crippen LogP contribution < -0.4 is 26.0 Å². The second-order valence-electron chi connectivity index (χ2n) is 10.2. The summed E-state index contributed by atoms with van der Waals surface area (Å²) in [6.07, 6.45) is 2.32. The first-order valence-corrected chi connectivity index (χ1v) is 13.1. The molecule has 0 spiro atoms. The molecule has 1 atom stereocenters. The fourth-order valence-corrected chi connectivity index (χ4v) is 5.13. The molecule has 4 N–H and O–H groups in total. The van der Waals surface area contributed by atoms with Crippen LogP contribution in [0.25, 0.3) is 0 Å². The van der Waals surface area contributed by atoms with Gasteiger partial charge in [0.05, 0.1) is 23.9 Å². The van der Waals surface area contributed by atoms with Crippen LogP contribution in [0.4, 0.5) is 22.9 Å². The number of para-hydroxylation sites is 1. The van der Waals surface area contributed by atoms with E-state index in [0.717, 1.165) is 56.1 Å². The van der Waals surface area contributed by atoms with Crippen LogP contribution in [0.1, 0.15) is 42.2 Å². The maximum absolute atomic E-state index is 12.1. The van der Waals surface area contributed by atoms with Gasteiger partial charge in [0.2, 0.25) is 0 Å². The lowest BCUT2D eigenvalue weighted by Crippen LogP contribution is -2.47. The van der Waals surface area contributed by atoms with E-state index >= 15 is 0 Å². The lowest BCUT2D eigenvalue weighted by Gasteiger charge is -2.36. The summed E-state index contributed by atoms with van der Waals surface area (Å²) in [7, 11) is 0. The summed E-state index contributed by atoms with van der Waals surface area (Å²) in [5.74, 6) is 1.69. The molecule has 2 aromatic carbocycles. The molecule has 37 heavy (non-hydrogen) atoms. The van der Waals surface area contributed by atoms with Crippen molar-refractivity contribution in [2.75, 3.05) is 54.9 Å². The average Bonchev–Trinajstić information content (AvgIpc) is 2.89. The van der Waals surface area contributed by atoms with Gasteiger partial charge >= 0.3 is 0 Å². The van der Waals surface area contributed by atoms with E-state index in [1.165, 1.54) is 11.9 Å². The fraction of sp³-hybridized carbons (Fsp3) is 0.379. The highest BCUT2D eigenvalue weighted by atomic mass is 16.5. The molecule has 194 valence electrons. The number of hydrogen-bond donors (Lipinski definition) is 3. The van der Waals surface area contributed by atoms with E-state index in [1.54, 1.807) is 0 Å². The molecule has 0 bridgehead atoms. The third kappa shape index (κ3) is 5.97. The van der Waals surface area contributed by atoms with Crippen LogP contribution in [-0.4, -0.2) is 55.1 Å². The van der Waals surface area contributed by atoms with Crippen LogP contribution in [0, 0.1) is 5.92 Å². The predicted octanol–water partition coefficient (Wildman–Crippen LogP) is 4.64. The highest BCUT2D eigenvalue weighted by Gasteiger charge is 2.23. The Kier molecular flexibility index (Phi) is 7.46. The lowest BCUT2D eigenvalue weighted by atomic mass is 10.00. The van der Waals surface area contributed by atoms with Gasteiger partial charge in [0.1, 0.15) is 11.6 Å². The second kappa shape index (κ2) is 11.1. The van der Waals surface area contributed by atoms with Gasteiger partial charge in [0, 0.05) is 68.3 Å². The van der Waals surface area contributed by atoms with Crippen LogP contribution in [0.3, 0.4) is 0 Å². The van der Waals surface area contributed by atoms with Crippen molar-refractivity contribution in [2.24, 2.45) is 11.7 Å². The van der Waals surface area contributed by atoms with Gasteiger partial charge in [-0.05, 0) is 36.2 Å².